The Balaban J connectivity index is 1.95. The van der Waals surface area contributed by atoms with Gasteiger partial charge in [-0.3, -0.25) is 14.9 Å². The molecule has 26 heavy (non-hydrogen) atoms. The van der Waals surface area contributed by atoms with Gasteiger partial charge in [0.15, 0.2) is 0 Å². The van der Waals surface area contributed by atoms with Crippen LogP contribution in [0.2, 0.25) is 0 Å². The van der Waals surface area contributed by atoms with Gasteiger partial charge in [0, 0.05) is 25.2 Å². The molecule has 0 atom stereocenters. The lowest BCUT2D eigenvalue weighted by molar-refractivity contribution is -0.384. The summed E-state index contributed by atoms with van der Waals surface area (Å²) < 4.78 is 0. The predicted octanol–water partition coefficient (Wildman–Crippen LogP) is 2.04. The Labute approximate surface area is 151 Å². The third-order valence-electron chi connectivity index (χ3n) is 3.69. The number of hydrogen-bond acceptors (Lipinski definition) is 6. The average molecular weight is 358 g/mol. The molecule has 0 saturated carbocycles. The molecule has 2 aromatic rings. The van der Waals surface area contributed by atoms with Crippen molar-refractivity contribution in [2.24, 2.45) is 0 Å². The summed E-state index contributed by atoms with van der Waals surface area (Å²) in [6.07, 6.45) is 0. The highest BCUT2D eigenvalue weighted by Gasteiger charge is 2.11. The lowest BCUT2D eigenvalue weighted by Gasteiger charge is -2.13. The van der Waals surface area contributed by atoms with Crippen molar-refractivity contribution < 1.29 is 14.8 Å². The number of benzene rings is 2. The van der Waals surface area contributed by atoms with Crippen LogP contribution < -0.4 is 16.0 Å². The predicted molar refractivity (Wildman–Crippen MR) is 100 cm³/mol. The summed E-state index contributed by atoms with van der Waals surface area (Å²) in [6, 6.07) is 12.1. The molecule has 0 bridgehead atoms. The van der Waals surface area contributed by atoms with Crippen molar-refractivity contribution in [1.82, 2.24) is 5.32 Å². The number of hydrogen-bond donors (Lipinski definition) is 4. The average Bonchev–Trinajstić information content (AvgIpc) is 2.64. The van der Waals surface area contributed by atoms with Crippen molar-refractivity contribution in [2.75, 3.05) is 30.3 Å². The van der Waals surface area contributed by atoms with Crippen molar-refractivity contribution in [3.05, 3.63) is 63.7 Å². The molecular weight excluding hydrogens is 336 g/mol. The van der Waals surface area contributed by atoms with Crippen molar-refractivity contribution in [3.63, 3.8) is 0 Å². The van der Waals surface area contributed by atoms with Gasteiger partial charge in [0.2, 0.25) is 5.91 Å². The Hall–Kier alpha value is -3.13. The number of aliphatic hydroxyl groups is 1. The Morgan fingerprint density at radius 1 is 1.12 bits per heavy atom. The Bertz CT molecular complexity index is 762. The van der Waals surface area contributed by atoms with Crippen LogP contribution in [-0.2, 0) is 11.3 Å². The Morgan fingerprint density at radius 3 is 2.50 bits per heavy atom. The number of anilines is 2. The Morgan fingerprint density at radius 2 is 1.85 bits per heavy atom. The lowest BCUT2D eigenvalue weighted by atomic mass is 10.1. The minimum atomic E-state index is -0.502. The zero-order valence-electron chi connectivity index (χ0n) is 14.5. The normalized spacial score (nSPS) is 10.2. The van der Waals surface area contributed by atoms with Crippen LogP contribution in [0, 0.1) is 17.0 Å². The second-order valence-electron chi connectivity index (χ2n) is 5.75. The SMILES string of the molecule is Cc1ccc(CNC(=O)CNc2cc([N+](=O)[O-])ccc2NCCO)cc1. The van der Waals surface area contributed by atoms with Crippen molar-refractivity contribution in [1.29, 1.82) is 0 Å². The number of non-ortho nitro benzene ring substituents is 1. The molecule has 2 rings (SSSR count). The third-order valence-corrected chi connectivity index (χ3v) is 3.69. The molecule has 138 valence electrons. The Kier molecular flexibility index (Phi) is 6.92. The van der Waals surface area contributed by atoms with Gasteiger partial charge in [-0.1, -0.05) is 29.8 Å². The number of nitrogens with one attached hydrogen (secondary N) is 3. The van der Waals surface area contributed by atoms with Crippen molar-refractivity contribution >= 4 is 23.0 Å². The van der Waals surface area contributed by atoms with E-state index in [2.05, 4.69) is 16.0 Å². The summed E-state index contributed by atoms with van der Waals surface area (Å²) in [6.45, 7) is 2.60. The lowest BCUT2D eigenvalue weighted by Crippen LogP contribution is -2.29. The van der Waals surface area contributed by atoms with Crippen LogP contribution in [0.3, 0.4) is 0 Å². The van der Waals surface area contributed by atoms with E-state index in [1.807, 2.05) is 31.2 Å². The molecule has 8 nitrogen and oxygen atoms in total. The molecule has 1 amide bonds. The number of nitrogens with zero attached hydrogens (tertiary/aromatic N) is 1. The van der Waals surface area contributed by atoms with Crippen LogP contribution in [0.1, 0.15) is 11.1 Å². The maximum Gasteiger partial charge on any atom is 0.271 e. The standard InChI is InChI=1S/C18H22N4O4/c1-13-2-4-14(5-3-13)11-21-18(24)12-20-17-10-15(22(25)26)6-7-16(17)19-8-9-23/h2-7,10,19-20,23H,8-9,11-12H2,1H3,(H,21,24). The van der Waals surface area contributed by atoms with Crippen LogP contribution >= 0.6 is 0 Å². The van der Waals surface area contributed by atoms with E-state index in [9.17, 15) is 14.9 Å². The summed E-state index contributed by atoms with van der Waals surface area (Å²) in [7, 11) is 0. The highest BCUT2D eigenvalue weighted by Crippen LogP contribution is 2.26. The number of amides is 1. The van der Waals surface area contributed by atoms with E-state index >= 15 is 0 Å². The zero-order chi connectivity index (χ0) is 18.9. The molecule has 2 aromatic carbocycles. The van der Waals surface area contributed by atoms with E-state index in [0.717, 1.165) is 11.1 Å². The van der Waals surface area contributed by atoms with Crippen LogP contribution in [-0.4, -0.2) is 35.6 Å². The number of aryl methyl sites for hydroxylation is 1. The third kappa shape index (κ3) is 5.75. The van der Waals surface area contributed by atoms with Crippen LogP contribution in [0.15, 0.2) is 42.5 Å². The van der Waals surface area contributed by atoms with Gasteiger partial charge in [0.05, 0.1) is 29.4 Å². The van der Waals surface area contributed by atoms with Crippen LogP contribution in [0.25, 0.3) is 0 Å². The first kappa shape index (κ1) is 19.2. The molecular formula is C18H22N4O4. The van der Waals surface area contributed by atoms with Crippen molar-refractivity contribution in [2.45, 2.75) is 13.5 Å². The minimum Gasteiger partial charge on any atom is -0.395 e. The van der Waals surface area contributed by atoms with E-state index in [-0.39, 0.29) is 24.7 Å². The number of nitro benzene ring substituents is 1. The molecule has 8 heteroatoms. The fraction of sp³-hybridized carbons (Fsp3) is 0.278. The van der Waals surface area contributed by atoms with Crippen LogP contribution in [0.5, 0.6) is 0 Å². The van der Waals surface area contributed by atoms with E-state index < -0.39 is 4.92 Å². The largest absolute Gasteiger partial charge is 0.395 e. The fourth-order valence-corrected chi connectivity index (χ4v) is 2.28. The molecule has 0 spiro atoms. The molecule has 0 aromatic heterocycles. The first-order valence-corrected chi connectivity index (χ1v) is 8.19. The van der Waals surface area contributed by atoms with Gasteiger partial charge in [-0.05, 0) is 18.6 Å². The van der Waals surface area contributed by atoms with Gasteiger partial charge in [0.1, 0.15) is 0 Å². The molecule has 0 aliphatic carbocycles. The maximum absolute atomic E-state index is 12.0. The molecule has 0 heterocycles. The highest BCUT2D eigenvalue weighted by atomic mass is 16.6. The molecule has 0 fully saturated rings. The highest BCUT2D eigenvalue weighted by molar-refractivity contribution is 5.83. The van der Waals surface area contributed by atoms with E-state index in [1.165, 1.54) is 12.1 Å². The molecule has 0 aliphatic rings. The van der Waals surface area contributed by atoms with E-state index in [0.29, 0.717) is 24.5 Å². The van der Waals surface area contributed by atoms with Gasteiger partial charge >= 0.3 is 0 Å². The smallest absolute Gasteiger partial charge is 0.271 e. The fourth-order valence-electron chi connectivity index (χ4n) is 2.28. The topological polar surface area (TPSA) is 117 Å². The monoisotopic (exact) mass is 358 g/mol. The molecule has 0 unspecified atom stereocenters. The van der Waals surface area contributed by atoms with Gasteiger partial charge in [-0.25, -0.2) is 0 Å². The van der Waals surface area contributed by atoms with E-state index in [4.69, 9.17) is 5.11 Å². The number of nitro groups is 1. The molecule has 4 N–H and O–H groups in total. The quantitative estimate of drug-likeness (QED) is 0.403. The summed E-state index contributed by atoms with van der Waals surface area (Å²) >= 11 is 0. The summed E-state index contributed by atoms with van der Waals surface area (Å²) in [4.78, 5) is 22.5. The minimum absolute atomic E-state index is 0.0270. The molecule has 0 radical (unpaired) electrons. The number of carbonyl (C=O) groups is 1. The van der Waals surface area contributed by atoms with Gasteiger partial charge in [-0.2, -0.15) is 0 Å². The van der Waals surface area contributed by atoms with E-state index in [1.54, 1.807) is 6.07 Å². The van der Waals surface area contributed by atoms with Gasteiger partial charge in [-0.15, -0.1) is 0 Å². The zero-order valence-corrected chi connectivity index (χ0v) is 14.5. The first-order valence-electron chi connectivity index (χ1n) is 8.19. The number of carbonyl (C=O) groups excluding carboxylic acids is 1. The number of rotatable bonds is 9. The van der Waals surface area contributed by atoms with Crippen LogP contribution in [0.4, 0.5) is 17.1 Å². The first-order chi connectivity index (χ1) is 12.5. The number of aliphatic hydroxyl groups excluding tert-OH is 1. The van der Waals surface area contributed by atoms with Crippen molar-refractivity contribution in [3.8, 4) is 0 Å². The molecule has 0 aliphatic heterocycles. The summed E-state index contributed by atoms with van der Waals surface area (Å²) in [5, 5.41) is 28.5. The second-order valence-corrected chi connectivity index (χ2v) is 5.75. The molecule has 0 saturated heterocycles. The summed E-state index contributed by atoms with van der Waals surface area (Å²) in [5.41, 5.74) is 3.07. The van der Waals surface area contributed by atoms with Gasteiger partial charge < -0.3 is 21.1 Å². The maximum atomic E-state index is 12.0. The van der Waals surface area contributed by atoms with Gasteiger partial charge in [0.25, 0.3) is 5.69 Å². The summed E-state index contributed by atoms with van der Waals surface area (Å²) in [5.74, 6) is -0.231. The second kappa shape index (κ2) is 9.38.